The number of amides is 3. The molecule has 0 saturated carbocycles. The first-order chi connectivity index (χ1) is 29.3. The van der Waals surface area contributed by atoms with Crippen molar-refractivity contribution in [2.75, 3.05) is 74.1 Å². The maximum absolute atomic E-state index is 13.5. The molecule has 324 valence electrons. The van der Waals surface area contributed by atoms with Gasteiger partial charge in [-0.05, 0) is 68.0 Å². The van der Waals surface area contributed by atoms with Gasteiger partial charge in [-0.2, -0.15) is 18.3 Å². The van der Waals surface area contributed by atoms with Gasteiger partial charge in [-0.3, -0.25) is 38.4 Å². The summed E-state index contributed by atoms with van der Waals surface area (Å²) < 4.78 is 50.8. The largest absolute Gasteiger partial charge is 0.433 e. The summed E-state index contributed by atoms with van der Waals surface area (Å²) in [6.45, 7) is 10.8. The number of carbonyl (C=O) groups excluding carboxylic acids is 3. The zero-order valence-corrected chi connectivity index (χ0v) is 34.6. The Morgan fingerprint density at radius 3 is 2.43 bits per heavy atom. The van der Waals surface area contributed by atoms with Crippen molar-refractivity contribution in [2.45, 2.75) is 64.2 Å². The van der Waals surface area contributed by atoms with Crippen LogP contribution in [0.15, 0.2) is 59.5 Å². The summed E-state index contributed by atoms with van der Waals surface area (Å²) in [7, 11) is 1.73. The summed E-state index contributed by atoms with van der Waals surface area (Å²) in [6, 6.07) is 12.2. The number of piperazine rings is 1. The lowest BCUT2D eigenvalue weighted by Gasteiger charge is -2.37. The summed E-state index contributed by atoms with van der Waals surface area (Å²) in [5, 5.41) is 11.0. The van der Waals surface area contributed by atoms with Gasteiger partial charge in [0.1, 0.15) is 17.4 Å². The molecule has 15 nitrogen and oxygen atoms in total. The highest BCUT2D eigenvalue weighted by molar-refractivity contribution is 6.06. The van der Waals surface area contributed by atoms with Gasteiger partial charge in [0, 0.05) is 70.9 Å². The fraction of sp³-hybridized carbons (Fsp3) is 0.488. The zero-order chi connectivity index (χ0) is 43.0. The van der Waals surface area contributed by atoms with Crippen LogP contribution >= 0.6 is 0 Å². The topological polar surface area (TPSA) is 152 Å². The number of imide groups is 1. The van der Waals surface area contributed by atoms with E-state index in [1.807, 2.05) is 41.2 Å². The van der Waals surface area contributed by atoms with Crippen molar-refractivity contribution in [1.29, 1.82) is 0 Å². The van der Waals surface area contributed by atoms with Crippen molar-refractivity contribution in [2.24, 2.45) is 13.0 Å². The highest BCUT2D eigenvalue weighted by atomic mass is 19.4. The van der Waals surface area contributed by atoms with Crippen molar-refractivity contribution < 1.29 is 32.3 Å². The Bertz CT molecular complexity index is 2500. The number of fused-ring (bicyclic) bond motifs is 2. The number of hydrogen-bond donors (Lipinski definition) is 2. The Labute approximate surface area is 350 Å². The molecule has 0 bridgehead atoms. The van der Waals surface area contributed by atoms with Crippen LogP contribution in [0.3, 0.4) is 0 Å². The highest BCUT2D eigenvalue weighted by Crippen LogP contribution is 2.35. The molecular weight excluding hydrogens is 794 g/mol. The maximum Gasteiger partial charge on any atom is 0.433 e. The molecule has 6 heterocycles. The minimum atomic E-state index is -4.68. The molecule has 3 fully saturated rings. The third kappa shape index (κ3) is 8.73. The molecule has 2 N–H and O–H groups in total. The molecule has 61 heavy (non-hydrogen) atoms. The zero-order valence-electron chi connectivity index (χ0n) is 34.6. The van der Waals surface area contributed by atoms with E-state index in [1.165, 1.54) is 16.7 Å². The second-order valence-electron chi connectivity index (χ2n) is 16.4. The van der Waals surface area contributed by atoms with E-state index in [-0.39, 0.29) is 36.2 Å². The summed E-state index contributed by atoms with van der Waals surface area (Å²) in [6.07, 6.45) is 0.530. The normalized spacial score (nSPS) is 19.1. The van der Waals surface area contributed by atoms with Crippen molar-refractivity contribution in [1.82, 2.24) is 34.1 Å². The van der Waals surface area contributed by atoms with E-state index >= 15 is 0 Å². The minimum absolute atomic E-state index is 0.130. The Morgan fingerprint density at radius 2 is 1.70 bits per heavy atom. The summed E-state index contributed by atoms with van der Waals surface area (Å²) in [4.78, 5) is 61.7. The van der Waals surface area contributed by atoms with Crippen molar-refractivity contribution in [3.05, 3.63) is 76.6 Å². The van der Waals surface area contributed by atoms with E-state index in [1.54, 1.807) is 11.6 Å². The molecule has 3 aliphatic rings. The molecule has 0 spiro atoms. The lowest BCUT2D eigenvalue weighted by Crippen LogP contribution is -2.47. The van der Waals surface area contributed by atoms with Gasteiger partial charge in [0.2, 0.25) is 11.8 Å². The van der Waals surface area contributed by atoms with Crippen LogP contribution in [0.25, 0.3) is 21.9 Å². The number of nitrogens with zero attached hydrogens (tertiary/aromatic N) is 8. The number of alkyl halides is 3. The minimum Gasteiger partial charge on any atom is -0.378 e. The lowest BCUT2D eigenvalue weighted by molar-refractivity contribution is -0.141. The number of pyridine rings is 1. The molecule has 1 unspecified atom stereocenters. The molecule has 0 aliphatic carbocycles. The Hall–Kier alpha value is -5.75. The van der Waals surface area contributed by atoms with Gasteiger partial charge in [-0.25, -0.2) is 9.78 Å². The third-order valence-electron chi connectivity index (χ3n) is 12.2. The van der Waals surface area contributed by atoms with E-state index in [0.29, 0.717) is 43.4 Å². The number of anilines is 3. The molecule has 3 atom stereocenters. The molecule has 18 heteroatoms. The standard InChI is InChI=1S/C43H51F3N10O5/c1-4-29(55-26-28-23-32(36(24-31(28)50-55)54-19-21-61-22-20-54)48-40(58)30-7-5-10-37(47-30)43(44,45)46)12-11-27(2)25-52-15-17-53(18-16-52)33-8-6-9-34-39(33)51(3)42(60)56(34)35-13-14-38(57)49-41(35)59/h5-10,23-24,26-27,29,35H,4,11-22,25H2,1-3H3,(H,48,58)(H,49,57,59)/t27-,29-,35?/m1/s1. The molecule has 3 amide bonds. The van der Waals surface area contributed by atoms with Crippen LogP contribution in [-0.4, -0.2) is 106 Å². The van der Waals surface area contributed by atoms with Gasteiger partial charge >= 0.3 is 11.9 Å². The number of para-hydroxylation sites is 1. The van der Waals surface area contributed by atoms with Crippen LogP contribution < -0.4 is 26.1 Å². The number of hydrogen-bond acceptors (Lipinski definition) is 10. The Kier molecular flexibility index (Phi) is 11.9. The number of carbonyl (C=O) groups is 3. The van der Waals surface area contributed by atoms with Gasteiger partial charge in [-0.1, -0.05) is 26.0 Å². The number of imidazole rings is 1. The van der Waals surface area contributed by atoms with Gasteiger partial charge < -0.3 is 19.9 Å². The lowest BCUT2D eigenvalue weighted by atomic mass is 9.99. The molecule has 3 aliphatic heterocycles. The number of ether oxygens (including phenoxy) is 1. The fourth-order valence-corrected chi connectivity index (χ4v) is 8.94. The van der Waals surface area contributed by atoms with Gasteiger partial charge in [0.25, 0.3) is 5.91 Å². The smallest absolute Gasteiger partial charge is 0.378 e. The number of aromatic nitrogens is 5. The van der Waals surface area contributed by atoms with Gasteiger partial charge in [0.05, 0.1) is 52.9 Å². The number of benzene rings is 2. The molecule has 3 saturated heterocycles. The second kappa shape index (κ2) is 17.3. The molecule has 8 rings (SSSR count). The number of rotatable bonds is 12. The quantitative estimate of drug-likeness (QED) is 0.157. The number of halogens is 3. The number of aryl methyl sites for hydroxylation is 1. The predicted octanol–water partition coefficient (Wildman–Crippen LogP) is 5.36. The predicted molar refractivity (Wildman–Crippen MR) is 225 cm³/mol. The van der Waals surface area contributed by atoms with E-state index < -0.39 is 29.7 Å². The summed E-state index contributed by atoms with van der Waals surface area (Å²) in [5.74, 6) is -1.09. The Balaban J connectivity index is 0.912. The summed E-state index contributed by atoms with van der Waals surface area (Å²) in [5.41, 5.74) is 2.61. The van der Waals surface area contributed by atoms with Crippen LogP contribution in [-0.2, 0) is 27.5 Å². The Morgan fingerprint density at radius 1 is 0.967 bits per heavy atom. The van der Waals surface area contributed by atoms with E-state index in [9.17, 15) is 32.3 Å². The van der Waals surface area contributed by atoms with Crippen molar-refractivity contribution in [3.8, 4) is 0 Å². The summed E-state index contributed by atoms with van der Waals surface area (Å²) >= 11 is 0. The third-order valence-corrected chi connectivity index (χ3v) is 12.2. The van der Waals surface area contributed by atoms with Gasteiger partial charge in [-0.15, -0.1) is 0 Å². The fourth-order valence-electron chi connectivity index (χ4n) is 8.94. The van der Waals surface area contributed by atoms with Crippen LogP contribution in [0, 0.1) is 5.92 Å². The average Bonchev–Trinajstić information content (AvgIpc) is 3.78. The molecule has 2 aromatic carbocycles. The van der Waals surface area contributed by atoms with Crippen LogP contribution in [0.5, 0.6) is 0 Å². The van der Waals surface area contributed by atoms with E-state index in [0.717, 1.165) is 85.8 Å². The van der Waals surface area contributed by atoms with E-state index in [4.69, 9.17) is 9.84 Å². The monoisotopic (exact) mass is 844 g/mol. The molecule has 5 aromatic rings. The van der Waals surface area contributed by atoms with Gasteiger partial charge in [0.15, 0.2) is 0 Å². The number of piperidine rings is 1. The SMILES string of the molecule is CC[C@H](CC[C@@H](C)CN1CCN(c2cccc3c2n(C)c(=O)n3C2CCC(=O)NC2=O)CC1)n1cc2cc(NC(=O)c3cccc(C(F)(F)F)n3)c(N3CCOCC3)cc2n1. The average molecular weight is 845 g/mol. The van der Waals surface area contributed by atoms with Crippen molar-refractivity contribution in [3.63, 3.8) is 0 Å². The van der Waals surface area contributed by atoms with Crippen LogP contribution in [0.2, 0.25) is 0 Å². The van der Waals surface area contributed by atoms with E-state index in [2.05, 4.69) is 44.2 Å². The molecular formula is C43H51F3N10O5. The first-order valence-corrected chi connectivity index (χ1v) is 21.0. The maximum atomic E-state index is 13.5. The highest BCUT2D eigenvalue weighted by Gasteiger charge is 2.34. The van der Waals surface area contributed by atoms with Crippen LogP contribution in [0.4, 0.5) is 30.2 Å². The first kappa shape index (κ1) is 42.0. The van der Waals surface area contributed by atoms with Crippen LogP contribution in [0.1, 0.15) is 74.2 Å². The number of nitrogens with one attached hydrogen (secondary N) is 2. The second-order valence-corrected chi connectivity index (χ2v) is 16.4. The molecule has 0 radical (unpaired) electrons. The molecule has 3 aromatic heterocycles. The number of morpholine rings is 1. The van der Waals surface area contributed by atoms with Crippen molar-refractivity contribution >= 4 is 56.7 Å². The first-order valence-electron chi connectivity index (χ1n) is 21.0.